The number of aromatic amines is 1. The molecule has 5 heterocycles. The fraction of sp³-hybridized carbons (Fsp3) is 0.492. The number of thiazole rings is 2. The first-order valence-electron chi connectivity index (χ1n) is 27.5. The van der Waals surface area contributed by atoms with Crippen LogP contribution in [0.2, 0.25) is 0 Å². The number of rotatable bonds is 27. The Kier molecular flexibility index (Phi) is 20.9. The lowest BCUT2D eigenvalue weighted by molar-refractivity contribution is -0.144. The number of aliphatic hydroxyl groups is 1. The lowest BCUT2D eigenvalue weighted by Gasteiger charge is -2.36. The van der Waals surface area contributed by atoms with Crippen molar-refractivity contribution in [2.75, 3.05) is 88.8 Å². The molecule has 1 unspecified atom stereocenters. The highest BCUT2D eigenvalue weighted by atomic mass is 32.1. The molecule has 0 aliphatic carbocycles. The molecule has 79 heavy (non-hydrogen) atoms. The van der Waals surface area contributed by atoms with E-state index < -0.39 is 35.4 Å². The van der Waals surface area contributed by atoms with E-state index in [-0.39, 0.29) is 56.7 Å². The Balaban J connectivity index is 0.671. The molecule has 2 saturated heterocycles. The second-order valence-corrected chi connectivity index (χ2v) is 23.2. The van der Waals surface area contributed by atoms with Crippen molar-refractivity contribution in [3.8, 4) is 16.2 Å². The second kappa shape index (κ2) is 28.1. The maximum absolute atomic E-state index is 14.1. The van der Waals surface area contributed by atoms with Crippen molar-refractivity contribution in [3.05, 3.63) is 112 Å². The molecule has 2 fully saturated rings. The number of nitrogens with zero attached hydrogens (tertiary/aromatic N) is 5. The fourth-order valence-electron chi connectivity index (χ4n) is 9.96. The predicted molar refractivity (Wildman–Crippen MR) is 310 cm³/mol. The SMILES string of the molecule is CCCCC(Cc1c[nH]c2ccccc12)NC(=O)c1cnc(N2CCN(c3ccc(OCCOCCOCCOCC(=O)N[C@H](C(=O)N4C[C@H](O)C[C@H]4C(=O)N[C@@H](C)c4ccc(-c5scnc5C)cc4)C(C)(C)C)cc3)CC2)s1. The molecule has 0 bridgehead atoms. The van der Waals surface area contributed by atoms with Gasteiger partial charge in [0.25, 0.3) is 5.91 Å². The zero-order valence-electron chi connectivity index (χ0n) is 46.3. The summed E-state index contributed by atoms with van der Waals surface area (Å²) < 4.78 is 22.8. The van der Waals surface area contributed by atoms with E-state index in [0.717, 1.165) is 95.6 Å². The molecular weight excluding hydrogens is 1040 g/mol. The van der Waals surface area contributed by atoms with Crippen molar-refractivity contribution in [1.29, 1.82) is 0 Å². The lowest BCUT2D eigenvalue weighted by Crippen LogP contribution is -2.58. The van der Waals surface area contributed by atoms with Crippen LogP contribution in [0.15, 0.2) is 90.7 Å². The first-order chi connectivity index (χ1) is 38.1. The minimum absolute atomic E-state index is 0.0213. The number of anilines is 2. The summed E-state index contributed by atoms with van der Waals surface area (Å²) in [5.74, 6) is -0.612. The van der Waals surface area contributed by atoms with Crippen LogP contribution in [0.4, 0.5) is 10.8 Å². The summed E-state index contributed by atoms with van der Waals surface area (Å²) >= 11 is 3.03. The number of H-pyrrole nitrogens is 1. The monoisotopic (exact) mass is 1120 g/mol. The number of unbranched alkanes of at least 4 members (excludes halogenated alkanes) is 1. The Bertz CT molecular complexity index is 2910. The number of β-amino-alcohol motifs (C(OH)–C–C–N with tert-alkyl or cyclic N) is 1. The first kappa shape index (κ1) is 58.7. The number of fused-ring (bicyclic) bond motifs is 1. The molecule has 3 aromatic heterocycles. The fourth-order valence-corrected chi connectivity index (χ4v) is 11.6. The quantitative estimate of drug-likeness (QED) is 0.0313. The molecule has 2 aliphatic heterocycles. The number of para-hydroxylation sites is 1. The van der Waals surface area contributed by atoms with Gasteiger partial charge in [-0.2, -0.15) is 0 Å². The van der Waals surface area contributed by atoms with E-state index in [1.54, 1.807) is 17.5 Å². The third kappa shape index (κ3) is 16.1. The van der Waals surface area contributed by atoms with Gasteiger partial charge < -0.3 is 59.7 Å². The summed E-state index contributed by atoms with van der Waals surface area (Å²) in [7, 11) is 0. The zero-order chi connectivity index (χ0) is 55.9. The van der Waals surface area contributed by atoms with Crippen molar-refractivity contribution >= 4 is 68.0 Å². The summed E-state index contributed by atoms with van der Waals surface area (Å²) in [6.45, 7) is 16.3. The van der Waals surface area contributed by atoms with Gasteiger partial charge in [0.05, 0.1) is 67.5 Å². The van der Waals surface area contributed by atoms with Crippen molar-refractivity contribution in [3.63, 3.8) is 0 Å². The molecule has 0 spiro atoms. The van der Waals surface area contributed by atoms with Gasteiger partial charge in [-0.3, -0.25) is 19.2 Å². The van der Waals surface area contributed by atoms with Crippen molar-refractivity contribution in [2.24, 2.45) is 5.41 Å². The smallest absolute Gasteiger partial charge is 0.263 e. The van der Waals surface area contributed by atoms with Crippen LogP contribution < -0.4 is 30.5 Å². The lowest BCUT2D eigenvalue weighted by atomic mass is 9.85. The Labute approximate surface area is 471 Å². The summed E-state index contributed by atoms with van der Waals surface area (Å²) in [4.78, 5) is 74.3. The van der Waals surface area contributed by atoms with Crippen molar-refractivity contribution in [1.82, 2.24) is 35.8 Å². The largest absolute Gasteiger partial charge is 0.491 e. The number of aliphatic hydroxyl groups excluding tert-OH is 1. The average molecular weight is 1120 g/mol. The van der Waals surface area contributed by atoms with Crippen LogP contribution in [0.3, 0.4) is 0 Å². The first-order valence-corrected chi connectivity index (χ1v) is 29.2. The van der Waals surface area contributed by atoms with E-state index in [0.29, 0.717) is 31.3 Å². The Morgan fingerprint density at radius 1 is 0.848 bits per heavy atom. The number of benzene rings is 3. The molecule has 5 N–H and O–H groups in total. The van der Waals surface area contributed by atoms with Crippen molar-refractivity contribution < 1.29 is 43.2 Å². The van der Waals surface area contributed by atoms with E-state index in [9.17, 15) is 24.3 Å². The van der Waals surface area contributed by atoms with E-state index >= 15 is 0 Å². The van der Waals surface area contributed by atoms with E-state index in [1.807, 2.05) is 82.6 Å². The highest BCUT2D eigenvalue weighted by Crippen LogP contribution is 2.31. The van der Waals surface area contributed by atoms with Crippen LogP contribution in [0.5, 0.6) is 5.75 Å². The Morgan fingerprint density at radius 3 is 2.24 bits per heavy atom. The topological polar surface area (TPSA) is 213 Å². The van der Waals surface area contributed by atoms with Gasteiger partial charge in [-0.15, -0.1) is 11.3 Å². The molecule has 6 aromatic rings. The number of carbonyl (C=O) groups excluding carboxylic acids is 4. The Hall–Kier alpha value is -6.42. The number of hydrogen-bond donors (Lipinski definition) is 5. The van der Waals surface area contributed by atoms with Gasteiger partial charge in [0, 0.05) is 68.0 Å². The number of aryl methyl sites for hydroxylation is 1. The molecule has 0 saturated carbocycles. The van der Waals surface area contributed by atoms with Crippen LogP contribution in [-0.2, 0) is 35.0 Å². The van der Waals surface area contributed by atoms with E-state index in [1.165, 1.54) is 27.2 Å². The summed E-state index contributed by atoms with van der Waals surface area (Å²) in [6, 6.07) is 22.1. The number of piperazine rings is 1. The van der Waals surface area contributed by atoms with Gasteiger partial charge in [-0.1, -0.05) is 94.3 Å². The van der Waals surface area contributed by atoms with E-state index in [2.05, 4.69) is 84.2 Å². The summed E-state index contributed by atoms with van der Waals surface area (Å²) in [5.41, 5.74) is 7.46. The second-order valence-electron chi connectivity index (χ2n) is 21.4. The van der Waals surface area contributed by atoms with Gasteiger partial charge in [0.1, 0.15) is 35.9 Å². The highest BCUT2D eigenvalue weighted by molar-refractivity contribution is 7.17. The Morgan fingerprint density at radius 2 is 1.54 bits per heavy atom. The predicted octanol–water partition coefficient (Wildman–Crippen LogP) is 7.71. The van der Waals surface area contributed by atoms with Crippen LogP contribution >= 0.6 is 22.7 Å². The number of nitrogens with one attached hydrogen (secondary N) is 4. The number of carbonyl (C=O) groups is 4. The van der Waals surface area contributed by atoms with Crippen LogP contribution in [0.1, 0.15) is 92.8 Å². The summed E-state index contributed by atoms with van der Waals surface area (Å²) in [5, 5.41) is 21.9. The number of likely N-dealkylation sites (tertiary alicyclic amines) is 1. The van der Waals surface area contributed by atoms with Gasteiger partial charge >= 0.3 is 0 Å². The van der Waals surface area contributed by atoms with Crippen LogP contribution in [-0.4, -0.2) is 152 Å². The van der Waals surface area contributed by atoms with Gasteiger partial charge in [0.2, 0.25) is 17.7 Å². The molecule has 2 aliphatic rings. The summed E-state index contributed by atoms with van der Waals surface area (Å²) in [6.07, 6.45) is 6.79. The molecule has 4 amide bonds. The molecule has 8 rings (SSSR count). The average Bonchev–Trinajstić information content (AvgIpc) is 4.38. The van der Waals surface area contributed by atoms with Crippen LogP contribution in [0, 0.1) is 12.3 Å². The standard InChI is InChI=1S/C59H77N9O9S2/c1-7-8-11-44(32-43-34-60-49-13-10-9-12-48(43)49)64-56(72)51-35-61-58(79-51)67-24-22-66(23-25-67)45-18-20-47(21-19-45)77-31-30-75-27-26-74-28-29-76-37-52(70)65-54(59(4,5)6)57(73)68-36-46(69)33-50(68)55(71)63-39(2)41-14-16-42(17-15-41)53-40(3)62-38-78-53/h9-10,12-21,34-35,38-39,44,46,50,54,60,69H,7-8,11,22-33,36-37H2,1-6H3,(H,63,71)(H,64,72)(H,65,70)/t39-,44?,46+,50-,54+/m0/s1. The highest BCUT2D eigenvalue weighted by Gasteiger charge is 2.45. The minimum Gasteiger partial charge on any atom is -0.491 e. The van der Waals surface area contributed by atoms with Gasteiger partial charge in [-0.25, -0.2) is 9.97 Å². The third-order valence-corrected chi connectivity index (χ3v) is 16.4. The molecule has 5 atom stereocenters. The number of hydrogen-bond acceptors (Lipinski definition) is 15. The molecule has 3 aromatic carbocycles. The number of amides is 4. The molecule has 424 valence electrons. The normalized spacial score (nSPS) is 16.9. The molecular formula is C59H77N9O9S2. The van der Waals surface area contributed by atoms with Crippen molar-refractivity contribution in [2.45, 2.75) is 104 Å². The minimum atomic E-state index is -0.972. The third-order valence-electron chi connectivity index (χ3n) is 14.4. The maximum Gasteiger partial charge on any atom is 0.263 e. The van der Waals surface area contributed by atoms with Gasteiger partial charge in [-0.05, 0) is 79.1 Å². The number of aromatic nitrogens is 3. The molecule has 20 heteroatoms. The van der Waals surface area contributed by atoms with Crippen LogP contribution in [0.25, 0.3) is 21.3 Å². The van der Waals surface area contributed by atoms with E-state index in [4.69, 9.17) is 18.9 Å². The molecule has 0 radical (unpaired) electrons. The zero-order valence-corrected chi connectivity index (χ0v) is 48.0. The van der Waals surface area contributed by atoms with Gasteiger partial charge in [0.15, 0.2) is 5.13 Å². The maximum atomic E-state index is 14.1. The number of ether oxygens (including phenoxy) is 4. The molecule has 18 nitrogen and oxygen atoms in total.